The van der Waals surface area contributed by atoms with E-state index in [2.05, 4.69) is 0 Å². The van der Waals surface area contributed by atoms with E-state index in [1.165, 1.54) is 0 Å². The van der Waals surface area contributed by atoms with Crippen molar-refractivity contribution in [3.05, 3.63) is 83.9 Å². The van der Waals surface area contributed by atoms with Crippen LogP contribution in [0.1, 0.15) is 22.1 Å². The predicted octanol–water partition coefficient (Wildman–Crippen LogP) is 4.73. The molecule has 0 heterocycles. The summed E-state index contributed by atoms with van der Waals surface area (Å²) >= 11 is 0. The van der Waals surface area contributed by atoms with Gasteiger partial charge in [0.05, 0.1) is 0 Å². The summed E-state index contributed by atoms with van der Waals surface area (Å²) in [7, 11) is 0. The van der Waals surface area contributed by atoms with Crippen LogP contribution >= 0.6 is 0 Å². The van der Waals surface area contributed by atoms with Crippen molar-refractivity contribution in [3.8, 4) is 0 Å². The van der Waals surface area contributed by atoms with E-state index < -0.39 is 12.0 Å². The molecule has 0 aromatic heterocycles. The van der Waals surface area contributed by atoms with Crippen molar-refractivity contribution in [3.63, 3.8) is 0 Å². The highest BCUT2D eigenvalue weighted by Crippen LogP contribution is 2.29. The van der Waals surface area contributed by atoms with E-state index in [0.29, 0.717) is 11.1 Å². The number of alkyl halides is 1. The Morgan fingerprint density at radius 1 is 0.800 bits per heavy atom. The summed E-state index contributed by atoms with van der Waals surface area (Å²) in [5, 5.41) is 1.72. The van der Waals surface area contributed by atoms with Gasteiger partial charge in [-0.25, -0.2) is 4.39 Å². The van der Waals surface area contributed by atoms with Crippen molar-refractivity contribution < 1.29 is 9.18 Å². The van der Waals surface area contributed by atoms with Crippen LogP contribution in [-0.4, -0.2) is 5.78 Å². The standard InChI is InChI=1S/C18H13FO/c19-17(18(20)14-8-2-1-3-9-14)16-12-6-10-13-7-4-5-11-15(13)16/h1-12,17H. The molecule has 3 rings (SSSR count). The second-order valence-corrected chi connectivity index (χ2v) is 4.66. The highest BCUT2D eigenvalue weighted by Gasteiger charge is 2.22. The van der Waals surface area contributed by atoms with E-state index >= 15 is 0 Å². The smallest absolute Gasteiger partial charge is 0.201 e. The van der Waals surface area contributed by atoms with Crippen LogP contribution in [0.3, 0.4) is 0 Å². The summed E-state index contributed by atoms with van der Waals surface area (Å²) in [6.07, 6.45) is -1.64. The zero-order chi connectivity index (χ0) is 13.9. The Morgan fingerprint density at radius 2 is 1.45 bits per heavy atom. The molecule has 0 aliphatic heterocycles. The summed E-state index contributed by atoms with van der Waals surface area (Å²) < 4.78 is 14.6. The van der Waals surface area contributed by atoms with Gasteiger partial charge in [-0.1, -0.05) is 72.8 Å². The molecule has 0 radical (unpaired) electrons. The maximum absolute atomic E-state index is 14.6. The van der Waals surface area contributed by atoms with Gasteiger partial charge >= 0.3 is 0 Å². The highest BCUT2D eigenvalue weighted by molar-refractivity contribution is 6.02. The van der Waals surface area contributed by atoms with Gasteiger partial charge in [-0.2, -0.15) is 0 Å². The largest absolute Gasteiger partial charge is 0.290 e. The molecule has 20 heavy (non-hydrogen) atoms. The number of rotatable bonds is 3. The van der Waals surface area contributed by atoms with E-state index in [1.54, 1.807) is 36.4 Å². The van der Waals surface area contributed by atoms with Gasteiger partial charge in [0, 0.05) is 11.1 Å². The number of hydrogen-bond acceptors (Lipinski definition) is 1. The fourth-order valence-electron chi connectivity index (χ4n) is 2.36. The first kappa shape index (κ1) is 12.5. The number of fused-ring (bicyclic) bond motifs is 1. The molecule has 0 fully saturated rings. The van der Waals surface area contributed by atoms with Crippen molar-refractivity contribution in [1.82, 2.24) is 0 Å². The second-order valence-electron chi connectivity index (χ2n) is 4.66. The molecule has 0 aliphatic rings. The van der Waals surface area contributed by atoms with Gasteiger partial charge in [0.1, 0.15) is 0 Å². The Kier molecular flexibility index (Phi) is 3.30. The third-order valence-corrected chi connectivity index (χ3v) is 3.38. The Balaban J connectivity index is 2.05. The first-order valence-corrected chi connectivity index (χ1v) is 6.48. The molecule has 3 aromatic carbocycles. The zero-order valence-electron chi connectivity index (χ0n) is 10.8. The fraction of sp³-hybridized carbons (Fsp3) is 0.0556. The highest BCUT2D eigenvalue weighted by atomic mass is 19.1. The summed E-state index contributed by atoms with van der Waals surface area (Å²) in [5.74, 6) is -0.498. The number of Topliss-reactive ketones (excluding diaryl/α,β-unsaturated/α-hetero) is 1. The van der Waals surface area contributed by atoms with Crippen molar-refractivity contribution in [2.45, 2.75) is 6.17 Å². The van der Waals surface area contributed by atoms with Crippen molar-refractivity contribution in [2.75, 3.05) is 0 Å². The molecule has 1 atom stereocenters. The molecule has 1 nitrogen and oxygen atoms in total. The average molecular weight is 264 g/mol. The molecule has 2 heteroatoms. The van der Waals surface area contributed by atoms with Crippen LogP contribution in [0.25, 0.3) is 10.8 Å². The topological polar surface area (TPSA) is 17.1 Å². The molecular weight excluding hydrogens is 251 g/mol. The Morgan fingerprint density at radius 3 is 2.25 bits per heavy atom. The fourth-order valence-corrected chi connectivity index (χ4v) is 2.36. The lowest BCUT2D eigenvalue weighted by Crippen LogP contribution is -2.08. The molecule has 0 N–H and O–H groups in total. The number of carbonyl (C=O) groups is 1. The van der Waals surface area contributed by atoms with Crippen LogP contribution in [0.15, 0.2) is 72.8 Å². The van der Waals surface area contributed by atoms with Crippen LogP contribution in [0, 0.1) is 0 Å². The number of hydrogen-bond donors (Lipinski definition) is 0. The molecule has 0 saturated heterocycles. The molecular formula is C18H13FO. The molecule has 0 spiro atoms. The van der Waals surface area contributed by atoms with Gasteiger partial charge in [-0.3, -0.25) is 4.79 Å². The molecule has 3 aromatic rings. The van der Waals surface area contributed by atoms with Crippen molar-refractivity contribution in [1.29, 1.82) is 0 Å². The second kappa shape index (κ2) is 5.25. The third-order valence-electron chi connectivity index (χ3n) is 3.38. The SMILES string of the molecule is O=C(c1ccccc1)C(F)c1cccc2ccccc12. The quantitative estimate of drug-likeness (QED) is 0.625. The van der Waals surface area contributed by atoms with E-state index in [1.807, 2.05) is 36.4 Å². The molecule has 0 bridgehead atoms. The van der Waals surface area contributed by atoms with Crippen LogP contribution < -0.4 is 0 Å². The summed E-state index contributed by atoms with van der Waals surface area (Å²) in [5.41, 5.74) is 0.824. The summed E-state index contributed by atoms with van der Waals surface area (Å²) in [4.78, 5) is 12.2. The lowest BCUT2D eigenvalue weighted by atomic mass is 9.96. The molecule has 98 valence electrons. The first-order valence-electron chi connectivity index (χ1n) is 6.48. The summed E-state index contributed by atoms with van der Waals surface area (Å²) in [6, 6.07) is 21.4. The van der Waals surface area contributed by atoms with E-state index in [4.69, 9.17) is 0 Å². The molecule has 0 aliphatic carbocycles. The van der Waals surface area contributed by atoms with Gasteiger partial charge in [0.25, 0.3) is 0 Å². The number of carbonyl (C=O) groups excluding carboxylic acids is 1. The van der Waals surface area contributed by atoms with Crippen LogP contribution in [0.5, 0.6) is 0 Å². The van der Waals surface area contributed by atoms with Gasteiger partial charge in [0.2, 0.25) is 5.78 Å². The average Bonchev–Trinajstić information content (AvgIpc) is 2.54. The number of halogens is 1. The molecule has 0 saturated carbocycles. The van der Waals surface area contributed by atoms with Crippen LogP contribution in [-0.2, 0) is 0 Å². The minimum atomic E-state index is -1.64. The van der Waals surface area contributed by atoms with Gasteiger partial charge in [0.15, 0.2) is 6.17 Å². The summed E-state index contributed by atoms with van der Waals surface area (Å²) in [6.45, 7) is 0. The molecule has 0 amide bonds. The maximum Gasteiger partial charge on any atom is 0.201 e. The number of ketones is 1. The van der Waals surface area contributed by atoms with Crippen LogP contribution in [0.2, 0.25) is 0 Å². The number of benzene rings is 3. The lowest BCUT2D eigenvalue weighted by molar-refractivity contribution is 0.0879. The van der Waals surface area contributed by atoms with Crippen LogP contribution in [0.4, 0.5) is 4.39 Å². The predicted molar refractivity (Wildman–Crippen MR) is 78.6 cm³/mol. The first-order chi connectivity index (χ1) is 9.77. The van der Waals surface area contributed by atoms with Gasteiger partial charge in [-0.15, -0.1) is 0 Å². The Labute approximate surface area is 116 Å². The van der Waals surface area contributed by atoms with Crippen molar-refractivity contribution in [2.24, 2.45) is 0 Å². The van der Waals surface area contributed by atoms with Gasteiger partial charge < -0.3 is 0 Å². The van der Waals surface area contributed by atoms with Crippen molar-refractivity contribution >= 4 is 16.6 Å². The molecule has 1 unspecified atom stereocenters. The van der Waals surface area contributed by atoms with E-state index in [-0.39, 0.29) is 0 Å². The lowest BCUT2D eigenvalue weighted by Gasteiger charge is -2.11. The van der Waals surface area contributed by atoms with Gasteiger partial charge in [-0.05, 0) is 10.8 Å². The minimum Gasteiger partial charge on any atom is -0.290 e. The van der Waals surface area contributed by atoms with E-state index in [9.17, 15) is 9.18 Å². The third kappa shape index (κ3) is 2.21. The monoisotopic (exact) mass is 264 g/mol. The Bertz CT molecular complexity index is 744. The maximum atomic E-state index is 14.6. The normalized spacial score (nSPS) is 12.2. The minimum absolute atomic E-state index is 0.396. The zero-order valence-corrected chi connectivity index (χ0v) is 10.8. The van der Waals surface area contributed by atoms with E-state index in [0.717, 1.165) is 10.8 Å². The Hall–Kier alpha value is -2.48.